The summed E-state index contributed by atoms with van der Waals surface area (Å²) in [6.07, 6.45) is 0.803. The fourth-order valence-electron chi connectivity index (χ4n) is 3.82. The molecular weight excluding hydrogens is 373 g/mol. The van der Waals surface area contributed by atoms with Crippen molar-refractivity contribution in [2.24, 2.45) is 0 Å². The highest BCUT2D eigenvalue weighted by molar-refractivity contribution is 5.94. The summed E-state index contributed by atoms with van der Waals surface area (Å²) in [7, 11) is 0. The third kappa shape index (κ3) is 4.56. The summed E-state index contributed by atoms with van der Waals surface area (Å²) in [5.74, 6) is -0.838. The highest BCUT2D eigenvalue weighted by atomic mass is 19.1. The van der Waals surface area contributed by atoms with Crippen molar-refractivity contribution < 1.29 is 19.1 Å². The van der Waals surface area contributed by atoms with Gasteiger partial charge in [0.15, 0.2) is 0 Å². The maximum Gasteiger partial charge on any atom is 0.318 e. The van der Waals surface area contributed by atoms with Gasteiger partial charge in [-0.3, -0.25) is 4.79 Å². The van der Waals surface area contributed by atoms with Crippen molar-refractivity contribution in [1.29, 1.82) is 0 Å². The minimum Gasteiger partial charge on any atom is -0.394 e. The van der Waals surface area contributed by atoms with Crippen molar-refractivity contribution in [3.63, 3.8) is 0 Å². The highest BCUT2D eigenvalue weighted by Crippen LogP contribution is 2.40. The number of nitrogens with one attached hydrogen (secondary N) is 2. The van der Waals surface area contributed by atoms with E-state index in [2.05, 4.69) is 10.6 Å². The lowest BCUT2D eigenvalue weighted by molar-refractivity contribution is -0.00687. The van der Waals surface area contributed by atoms with Gasteiger partial charge in [0.1, 0.15) is 5.82 Å². The van der Waals surface area contributed by atoms with E-state index in [9.17, 15) is 19.1 Å². The van der Waals surface area contributed by atoms with Crippen LogP contribution in [0.1, 0.15) is 35.2 Å². The predicted molar refractivity (Wildman–Crippen MR) is 108 cm³/mol. The Kier molecular flexibility index (Phi) is 6.82. The van der Waals surface area contributed by atoms with Crippen LogP contribution in [0.3, 0.4) is 0 Å². The average Bonchev–Trinajstić information content (AvgIpc) is 2.72. The first-order valence-corrected chi connectivity index (χ1v) is 9.82. The Morgan fingerprint density at radius 3 is 2.34 bits per heavy atom. The zero-order chi connectivity index (χ0) is 20.8. The minimum absolute atomic E-state index is 0.0953. The molecule has 1 heterocycles. The molecule has 0 radical (unpaired) electrons. The Morgan fingerprint density at radius 1 is 1.03 bits per heavy atom. The van der Waals surface area contributed by atoms with Crippen LogP contribution in [0.25, 0.3) is 0 Å². The molecule has 29 heavy (non-hydrogen) atoms. The largest absolute Gasteiger partial charge is 0.394 e. The molecule has 3 N–H and O–H groups in total. The molecule has 0 spiro atoms. The van der Waals surface area contributed by atoms with E-state index in [4.69, 9.17) is 0 Å². The maximum atomic E-state index is 13.1. The first kappa shape index (κ1) is 20.8. The van der Waals surface area contributed by atoms with Crippen molar-refractivity contribution >= 4 is 11.9 Å². The number of hydrogen-bond acceptors (Lipinski definition) is 3. The van der Waals surface area contributed by atoms with Crippen molar-refractivity contribution in [1.82, 2.24) is 15.5 Å². The van der Waals surface area contributed by atoms with Gasteiger partial charge in [-0.2, -0.15) is 0 Å². The van der Waals surface area contributed by atoms with Gasteiger partial charge in [-0.1, -0.05) is 37.3 Å². The second-order valence-corrected chi connectivity index (χ2v) is 7.11. The van der Waals surface area contributed by atoms with Crippen molar-refractivity contribution in [2.45, 2.75) is 31.3 Å². The Bertz CT molecular complexity index is 829. The monoisotopic (exact) mass is 399 g/mol. The lowest BCUT2D eigenvalue weighted by atomic mass is 9.75. The summed E-state index contributed by atoms with van der Waals surface area (Å²) < 4.78 is 13.1. The van der Waals surface area contributed by atoms with E-state index >= 15 is 0 Å². The zero-order valence-electron chi connectivity index (χ0n) is 16.3. The molecule has 2 aromatic rings. The van der Waals surface area contributed by atoms with Gasteiger partial charge >= 0.3 is 6.03 Å². The lowest BCUT2D eigenvalue weighted by Gasteiger charge is -2.54. The van der Waals surface area contributed by atoms with Crippen LogP contribution in [0.4, 0.5) is 9.18 Å². The number of rotatable bonds is 7. The molecule has 6 nitrogen and oxygen atoms in total. The van der Waals surface area contributed by atoms with E-state index in [1.54, 1.807) is 4.90 Å². The second kappa shape index (κ2) is 9.52. The van der Waals surface area contributed by atoms with Gasteiger partial charge in [-0.25, -0.2) is 9.18 Å². The maximum absolute atomic E-state index is 13.1. The fraction of sp³-hybridized carbons (Fsp3) is 0.364. The molecule has 2 aromatic carbocycles. The zero-order valence-corrected chi connectivity index (χ0v) is 16.3. The van der Waals surface area contributed by atoms with Crippen LogP contribution < -0.4 is 10.6 Å². The number of likely N-dealkylation sites (tertiary alicyclic amines) is 1. The molecule has 1 fully saturated rings. The third-order valence-corrected chi connectivity index (χ3v) is 5.25. The van der Waals surface area contributed by atoms with Crippen molar-refractivity contribution in [2.75, 3.05) is 19.7 Å². The topological polar surface area (TPSA) is 81.7 Å². The van der Waals surface area contributed by atoms with E-state index in [-0.39, 0.29) is 43.1 Å². The number of carbonyl (C=O) groups excluding carboxylic acids is 2. The first-order valence-electron chi connectivity index (χ1n) is 9.82. The molecule has 7 heteroatoms. The van der Waals surface area contributed by atoms with Gasteiger partial charge < -0.3 is 20.6 Å². The van der Waals surface area contributed by atoms with E-state index in [0.29, 0.717) is 12.1 Å². The summed E-state index contributed by atoms with van der Waals surface area (Å²) in [4.78, 5) is 26.7. The summed E-state index contributed by atoms with van der Waals surface area (Å²) in [6, 6.07) is 14.1. The Hall–Kier alpha value is -2.93. The Balaban J connectivity index is 1.76. The van der Waals surface area contributed by atoms with Crippen molar-refractivity contribution in [3.05, 3.63) is 71.5 Å². The van der Waals surface area contributed by atoms with Gasteiger partial charge in [0.05, 0.1) is 18.7 Å². The van der Waals surface area contributed by atoms with Gasteiger partial charge in [-0.15, -0.1) is 0 Å². The normalized spacial score (nSPS) is 20.7. The Labute approximate surface area is 169 Å². The number of benzene rings is 2. The number of aliphatic hydroxyl groups excluding tert-OH is 1. The number of urea groups is 1. The number of halogens is 1. The third-order valence-electron chi connectivity index (χ3n) is 5.25. The molecule has 154 valence electrons. The van der Waals surface area contributed by atoms with Gasteiger partial charge in [0, 0.05) is 24.6 Å². The number of carbonyl (C=O) groups is 2. The van der Waals surface area contributed by atoms with E-state index in [1.165, 1.54) is 24.3 Å². The molecule has 3 rings (SSSR count). The van der Waals surface area contributed by atoms with Crippen LogP contribution in [0.15, 0.2) is 54.6 Å². The SMILES string of the molecule is CCCNC(=O)N1[C@H](CO)[C@@H](c2ccccc2)[C@H]1CNC(=O)c1ccc(F)cc1. The quantitative estimate of drug-likeness (QED) is 0.669. The molecule has 3 atom stereocenters. The smallest absolute Gasteiger partial charge is 0.318 e. The molecule has 0 aromatic heterocycles. The summed E-state index contributed by atoms with van der Waals surface area (Å²) in [5.41, 5.74) is 1.36. The van der Waals surface area contributed by atoms with Gasteiger partial charge in [-0.05, 0) is 36.2 Å². The molecule has 1 saturated heterocycles. The van der Waals surface area contributed by atoms with Crippen molar-refractivity contribution in [3.8, 4) is 0 Å². The van der Waals surface area contributed by atoms with E-state index in [0.717, 1.165) is 12.0 Å². The average molecular weight is 399 g/mol. The molecule has 1 aliphatic rings. The van der Waals surface area contributed by atoms with E-state index in [1.807, 2.05) is 37.3 Å². The summed E-state index contributed by atoms with van der Waals surface area (Å²) in [6.45, 7) is 2.57. The number of hydrogen-bond donors (Lipinski definition) is 3. The minimum atomic E-state index is -0.408. The standard InChI is InChI=1S/C22H26FN3O3/c1-2-12-24-22(29)26-18(13-25-21(28)16-8-10-17(23)11-9-16)20(19(26)14-27)15-6-4-3-5-7-15/h3-11,18-20,27H,2,12-14H2,1H3,(H,24,29)(H,25,28)/t18-,19-,20+/m1/s1. The Morgan fingerprint density at radius 2 is 1.72 bits per heavy atom. The molecule has 0 saturated carbocycles. The summed E-state index contributed by atoms with van der Waals surface area (Å²) >= 11 is 0. The van der Waals surface area contributed by atoms with Crippen LogP contribution in [-0.4, -0.2) is 53.7 Å². The molecule has 0 aliphatic carbocycles. The fourth-order valence-corrected chi connectivity index (χ4v) is 3.82. The first-order chi connectivity index (χ1) is 14.1. The number of nitrogens with zero attached hydrogens (tertiary/aromatic N) is 1. The van der Waals surface area contributed by atoms with Crippen LogP contribution in [0.5, 0.6) is 0 Å². The van der Waals surface area contributed by atoms with Crippen LogP contribution >= 0.6 is 0 Å². The molecule has 0 bridgehead atoms. The highest BCUT2D eigenvalue weighted by Gasteiger charge is 2.51. The molecule has 0 unspecified atom stereocenters. The van der Waals surface area contributed by atoms with E-state index < -0.39 is 5.82 Å². The summed E-state index contributed by atoms with van der Waals surface area (Å²) in [5, 5.41) is 15.6. The van der Waals surface area contributed by atoms with Gasteiger partial charge in [0.25, 0.3) is 5.91 Å². The van der Waals surface area contributed by atoms with Crippen LogP contribution in [0, 0.1) is 5.82 Å². The number of amides is 3. The molecular formula is C22H26FN3O3. The second-order valence-electron chi connectivity index (χ2n) is 7.11. The predicted octanol–water partition coefficient (Wildman–Crippen LogP) is 2.50. The number of aliphatic hydroxyl groups is 1. The van der Waals surface area contributed by atoms with Gasteiger partial charge in [0.2, 0.25) is 0 Å². The van der Waals surface area contributed by atoms with Crippen LogP contribution in [0.2, 0.25) is 0 Å². The lowest BCUT2D eigenvalue weighted by Crippen LogP contribution is -2.70. The van der Waals surface area contributed by atoms with Crippen LogP contribution in [-0.2, 0) is 0 Å². The molecule has 1 aliphatic heterocycles. The molecule has 3 amide bonds.